The maximum Gasteiger partial charge on any atom is 0.249 e. The van der Waals surface area contributed by atoms with Crippen molar-refractivity contribution in [2.75, 3.05) is 6.54 Å². The van der Waals surface area contributed by atoms with Crippen LogP contribution in [-0.2, 0) is 9.59 Å². The molecule has 2 fully saturated rings. The van der Waals surface area contributed by atoms with Gasteiger partial charge in [0.25, 0.3) is 0 Å². The number of rotatable bonds is 4. The van der Waals surface area contributed by atoms with Crippen molar-refractivity contribution >= 4 is 23.4 Å². The molecule has 1 saturated carbocycles. The number of nitrogens with zero attached hydrogens (tertiary/aromatic N) is 1. The van der Waals surface area contributed by atoms with Gasteiger partial charge in [-0.1, -0.05) is 44.4 Å². The maximum atomic E-state index is 13.0. The van der Waals surface area contributed by atoms with Gasteiger partial charge in [-0.05, 0) is 25.7 Å². The summed E-state index contributed by atoms with van der Waals surface area (Å²) >= 11 is 5.62. The first-order chi connectivity index (χ1) is 9.56. The molecular weight excluding hydrogens is 276 g/mol. The molecule has 0 atom stereocenters. The highest BCUT2D eigenvalue weighted by Crippen LogP contribution is 2.41. The zero-order valence-corrected chi connectivity index (χ0v) is 13.0. The third-order valence-electron chi connectivity index (χ3n) is 4.96. The molecule has 1 aliphatic heterocycles. The molecule has 0 aromatic rings. The summed E-state index contributed by atoms with van der Waals surface area (Å²) in [5.41, 5.74) is 0.0222. The number of carbonyl (C=O) groups excluding carboxylic acids is 2. The topological polar surface area (TPSA) is 49.4 Å². The largest absolute Gasteiger partial charge is 0.340 e. The number of piperazine rings is 1. The summed E-state index contributed by atoms with van der Waals surface area (Å²) in [5.74, 6) is 0.0556. The Labute approximate surface area is 125 Å². The summed E-state index contributed by atoms with van der Waals surface area (Å²) < 4.78 is 0. The van der Waals surface area contributed by atoms with Crippen molar-refractivity contribution in [3.05, 3.63) is 11.6 Å². The number of hydrogen-bond acceptors (Lipinski definition) is 2. The molecule has 0 aromatic carbocycles. The van der Waals surface area contributed by atoms with E-state index >= 15 is 0 Å². The molecule has 4 nitrogen and oxygen atoms in total. The molecule has 5 heteroatoms. The van der Waals surface area contributed by atoms with Gasteiger partial charge in [0.2, 0.25) is 11.8 Å². The number of amides is 2. The highest BCUT2D eigenvalue weighted by Gasteiger charge is 2.57. The molecule has 1 saturated heterocycles. The molecule has 112 valence electrons. The SMILES string of the molecule is CCC1(CC)NC(=O)C2(CCCC2)N(C/C=C/Cl)C1=O. The number of hydrogen-bond donors (Lipinski definition) is 1. The highest BCUT2D eigenvalue weighted by molar-refractivity contribution is 6.25. The highest BCUT2D eigenvalue weighted by atomic mass is 35.5. The van der Waals surface area contributed by atoms with E-state index in [0.29, 0.717) is 19.4 Å². The lowest BCUT2D eigenvalue weighted by molar-refractivity contribution is -0.162. The van der Waals surface area contributed by atoms with Crippen LogP contribution >= 0.6 is 11.6 Å². The Kier molecular flexibility index (Phi) is 4.43. The molecule has 2 rings (SSSR count). The van der Waals surface area contributed by atoms with Crippen LogP contribution in [0.25, 0.3) is 0 Å². The first-order valence-corrected chi connectivity index (χ1v) is 7.90. The minimum absolute atomic E-state index is 0.0151. The standard InChI is InChI=1S/C15H23ClN2O2/c1-3-14(4-2)13(20)18(11-7-10-16)15(12(19)17-14)8-5-6-9-15/h7,10H,3-6,8-9,11H2,1-2H3,(H,17,19)/b10-7+. The Hall–Kier alpha value is -1.03. The minimum Gasteiger partial charge on any atom is -0.340 e. The van der Waals surface area contributed by atoms with Gasteiger partial charge in [0.05, 0.1) is 0 Å². The molecular formula is C15H23ClN2O2. The predicted molar refractivity (Wildman–Crippen MR) is 79.4 cm³/mol. The summed E-state index contributed by atoms with van der Waals surface area (Å²) in [5, 5.41) is 3.03. The lowest BCUT2D eigenvalue weighted by Crippen LogP contribution is -2.74. The van der Waals surface area contributed by atoms with Gasteiger partial charge in [0.1, 0.15) is 11.1 Å². The van der Waals surface area contributed by atoms with Crippen LogP contribution in [0.5, 0.6) is 0 Å². The Morgan fingerprint density at radius 2 is 1.85 bits per heavy atom. The Bertz CT molecular complexity index is 424. The van der Waals surface area contributed by atoms with Crippen molar-refractivity contribution in [1.82, 2.24) is 10.2 Å². The van der Waals surface area contributed by atoms with Crippen LogP contribution in [-0.4, -0.2) is 34.3 Å². The monoisotopic (exact) mass is 298 g/mol. The third-order valence-corrected chi connectivity index (χ3v) is 5.14. The summed E-state index contributed by atoms with van der Waals surface area (Å²) in [6, 6.07) is 0. The van der Waals surface area contributed by atoms with E-state index < -0.39 is 11.1 Å². The Morgan fingerprint density at radius 3 is 2.35 bits per heavy atom. The van der Waals surface area contributed by atoms with Crippen LogP contribution in [0.2, 0.25) is 0 Å². The predicted octanol–water partition coefficient (Wildman–Crippen LogP) is 2.57. The summed E-state index contributed by atoms with van der Waals surface area (Å²) in [7, 11) is 0. The van der Waals surface area contributed by atoms with Crippen LogP contribution in [0.1, 0.15) is 52.4 Å². The van der Waals surface area contributed by atoms with Gasteiger partial charge in [0, 0.05) is 12.1 Å². The lowest BCUT2D eigenvalue weighted by atomic mass is 9.81. The van der Waals surface area contributed by atoms with E-state index in [2.05, 4.69) is 5.32 Å². The smallest absolute Gasteiger partial charge is 0.249 e. The minimum atomic E-state index is -0.745. The molecule has 0 aromatic heterocycles. The van der Waals surface area contributed by atoms with E-state index in [-0.39, 0.29) is 11.8 Å². The van der Waals surface area contributed by atoms with E-state index in [1.54, 1.807) is 11.0 Å². The fourth-order valence-electron chi connectivity index (χ4n) is 3.55. The van der Waals surface area contributed by atoms with Crippen LogP contribution in [0.3, 0.4) is 0 Å². The molecule has 0 bridgehead atoms. The molecule has 2 amide bonds. The van der Waals surface area contributed by atoms with Crippen LogP contribution in [0.15, 0.2) is 11.6 Å². The van der Waals surface area contributed by atoms with E-state index in [0.717, 1.165) is 25.7 Å². The van der Waals surface area contributed by atoms with Gasteiger partial charge in [0.15, 0.2) is 0 Å². The summed E-state index contributed by atoms with van der Waals surface area (Å²) in [4.78, 5) is 27.4. The quantitative estimate of drug-likeness (QED) is 0.867. The van der Waals surface area contributed by atoms with Crippen LogP contribution in [0.4, 0.5) is 0 Å². The number of halogens is 1. The van der Waals surface area contributed by atoms with Crippen molar-refractivity contribution in [2.24, 2.45) is 0 Å². The molecule has 1 heterocycles. The van der Waals surface area contributed by atoms with E-state index in [4.69, 9.17) is 11.6 Å². The lowest BCUT2D eigenvalue weighted by Gasteiger charge is -2.50. The Morgan fingerprint density at radius 1 is 1.25 bits per heavy atom. The number of carbonyl (C=O) groups is 2. The average molecular weight is 299 g/mol. The Balaban J connectivity index is 2.41. The second-order valence-electron chi connectivity index (χ2n) is 5.76. The first kappa shape index (κ1) is 15.4. The molecule has 0 unspecified atom stereocenters. The fourth-order valence-corrected chi connectivity index (χ4v) is 3.63. The van der Waals surface area contributed by atoms with Gasteiger partial charge in [-0.15, -0.1) is 0 Å². The zero-order valence-electron chi connectivity index (χ0n) is 12.2. The molecule has 2 aliphatic rings. The van der Waals surface area contributed by atoms with Gasteiger partial charge >= 0.3 is 0 Å². The summed E-state index contributed by atoms with van der Waals surface area (Å²) in [6.45, 7) is 4.31. The summed E-state index contributed by atoms with van der Waals surface area (Å²) in [6.07, 6.45) is 6.47. The fraction of sp³-hybridized carbons (Fsp3) is 0.733. The zero-order chi connectivity index (χ0) is 14.8. The van der Waals surface area contributed by atoms with Crippen molar-refractivity contribution in [3.63, 3.8) is 0 Å². The number of nitrogens with one attached hydrogen (secondary N) is 1. The maximum absolute atomic E-state index is 13.0. The second kappa shape index (κ2) is 5.76. The second-order valence-corrected chi connectivity index (χ2v) is 6.01. The van der Waals surface area contributed by atoms with Gasteiger partial charge in [-0.2, -0.15) is 0 Å². The molecule has 20 heavy (non-hydrogen) atoms. The van der Waals surface area contributed by atoms with E-state index in [1.165, 1.54) is 5.54 Å². The first-order valence-electron chi connectivity index (χ1n) is 7.46. The van der Waals surface area contributed by atoms with Crippen molar-refractivity contribution in [3.8, 4) is 0 Å². The average Bonchev–Trinajstić information content (AvgIpc) is 2.94. The van der Waals surface area contributed by atoms with Gasteiger partial charge in [-0.25, -0.2) is 0 Å². The van der Waals surface area contributed by atoms with Crippen molar-refractivity contribution in [1.29, 1.82) is 0 Å². The van der Waals surface area contributed by atoms with E-state index in [1.807, 2.05) is 13.8 Å². The molecule has 1 aliphatic carbocycles. The van der Waals surface area contributed by atoms with Gasteiger partial charge in [-0.3, -0.25) is 9.59 Å². The van der Waals surface area contributed by atoms with Crippen LogP contribution < -0.4 is 5.32 Å². The van der Waals surface area contributed by atoms with Crippen molar-refractivity contribution < 1.29 is 9.59 Å². The van der Waals surface area contributed by atoms with E-state index in [9.17, 15) is 9.59 Å². The molecule has 1 spiro atoms. The van der Waals surface area contributed by atoms with Crippen LogP contribution in [0, 0.1) is 0 Å². The van der Waals surface area contributed by atoms with Crippen molar-refractivity contribution in [2.45, 2.75) is 63.5 Å². The third kappa shape index (κ3) is 2.14. The molecule has 0 radical (unpaired) electrons. The van der Waals surface area contributed by atoms with Gasteiger partial charge < -0.3 is 10.2 Å². The molecule has 1 N–H and O–H groups in total. The normalized spacial score (nSPS) is 24.6.